The summed E-state index contributed by atoms with van der Waals surface area (Å²) in [6.07, 6.45) is 4.11. The molecule has 0 aliphatic rings. The first-order valence-corrected chi connectivity index (χ1v) is 7.73. The van der Waals surface area contributed by atoms with Crippen LogP contribution in [0.3, 0.4) is 0 Å². The van der Waals surface area contributed by atoms with Crippen molar-refractivity contribution in [3.05, 3.63) is 30.0 Å². The van der Waals surface area contributed by atoms with Crippen LogP contribution in [0.1, 0.15) is 23.7 Å². The lowest BCUT2D eigenvalue weighted by atomic mass is 10.1. The van der Waals surface area contributed by atoms with Gasteiger partial charge in [0.1, 0.15) is 0 Å². The quantitative estimate of drug-likeness (QED) is 0.870. The van der Waals surface area contributed by atoms with Crippen LogP contribution in [0.15, 0.2) is 24.4 Å². The van der Waals surface area contributed by atoms with E-state index in [0.29, 0.717) is 18.5 Å². The van der Waals surface area contributed by atoms with Crippen molar-refractivity contribution in [3.63, 3.8) is 0 Å². The summed E-state index contributed by atoms with van der Waals surface area (Å²) in [4.78, 5) is 11.9. The molecule has 1 aromatic heterocycles. The van der Waals surface area contributed by atoms with Crippen molar-refractivity contribution in [3.8, 4) is 0 Å². The topological polar surface area (TPSA) is 74.8 Å². The van der Waals surface area contributed by atoms with E-state index in [2.05, 4.69) is 15.5 Å². The first-order valence-electron chi connectivity index (χ1n) is 6.11. The van der Waals surface area contributed by atoms with Gasteiger partial charge in [-0.3, -0.25) is 14.1 Å². The molecule has 1 amide bonds. The molecule has 0 fully saturated rings. The van der Waals surface area contributed by atoms with Crippen LogP contribution < -0.4 is 5.32 Å². The number of rotatable bonds is 5. The molecule has 0 aliphatic carbocycles. The first kappa shape index (κ1) is 13.7. The second-order valence-corrected chi connectivity index (χ2v) is 6.33. The largest absolute Gasteiger partial charge is 0.352 e. The molecule has 2 N–H and O–H groups in total. The van der Waals surface area contributed by atoms with E-state index in [1.165, 1.54) is 0 Å². The maximum atomic E-state index is 11.9. The van der Waals surface area contributed by atoms with E-state index in [4.69, 9.17) is 0 Å². The van der Waals surface area contributed by atoms with Crippen LogP contribution in [-0.2, 0) is 10.8 Å². The Morgan fingerprint density at radius 3 is 3.05 bits per heavy atom. The molecule has 102 valence electrons. The van der Waals surface area contributed by atoms with Gasteiger partial charge in [0.15, 0.2) is 0 Å². The summed E-state index contributed by atoms with van der Waals surface area (Å²) in [5, 5.41) is 10.7. The fraction of sp³-hybridized carbons (Fsp3) is 0.385. The molecule has 0 aliphatic heterocycles. The molecule has 1 heterocycles. The number of carbonyl (C=O) groups is 1. The number of H-pyrrole nitrogens is 1. The van der Waals surface area contributed by atoms with Crippen LogP contribution in [-0.4, -0.2) is 38.4 Å². The molecule has 1 aromatic carbocycles. The van der Waals surface area contributed by atoms with E-state index in [-0.39, 0.29) is 11.2 Å². The van der Waals surface area contributed by atoms with Crippen LogP contribution in [0, 0.1) is 0 Å². The second-order valence-electron chi connectivity index (χ2n) is 4.53. The number of hydrogen-bond donors (Lipinski definition) is 2. The summed E-state index contributed by atoms with van der Waals surface area (Å²) < 4.78 is 11.2. The van der Waals surface area contributed by atoms with Crippen molar-refractivity contribution in [2.24, 2.45) is 0 Å². The van der Waals surface area contributed by atoms with Crippen molar-refractivity contribution in [2.45, 2.75) is 18.6 Å². The van der Waals surface area contributed by atoms with Crippen LogP contribution in [0.25, 0.3) is 10.9 Å². The van der Waals surface area contributed by atoms with E-state index in [1.54, 1.807) is 24.6 Å². The monoisotopic (exact) mass is 279 g/mol. The molecule has 0 radical (unpaired) electrons. The molecule has 0 spiro atoms. The molecule has 2 atom stereocenters. The number of aromatic amines is 1. The Balaban J connectivity index is 1.94. The van der Waals surface area contributed by atoms with Crippen LogP contribution >= 0.6 is 0 Å². The van der Waals surface area contributed by atoms with Gasteiger partial charge in [-0.15, -0.1) is 0 Å². The number of benzene rings is 1. The maximum Gasteiger partial charge on any atom is 0.251 e. The molecule has 0 bridgehead atoms. The number of nitrogens with one attached hydrogen (secondary N) is 2. The summed E-state index contributed by atoms with van der Waals surface area (Å²) in [5.74, 6) is -0.120. The third kappa shape index (κ3) is 3.41. The fourth-order valence-electron chi connectivity index (χ4n) is 1.74. The zero-order chi connectivity index (χ0) is 13.8. The average molecular weight is 279 g/mol. The lowest BCUT2D eigenvalue weighted by molar-refractivity contribution is 0.0953. The van der Waals surface area contributed by atoms with Crippen molar-refractivity contribution < 1.29 is 9.00 Å². The molecule has 2 unspecified atom stereocenters. The van der Waals surface area contributed by atoms with Crippen molar-refractivity contribution in [2.75, 3.05) is 12.8 Å². The lowest BCUT2D eigenvalue weighted by Crippen LogP contribution is -2.27. The van der Waals surface area contributed by atoms with Gasteiger partial charge in [-0.05, 0) is 18.6 Å². The predicted octanol–water partition coefficient (Wildman–Crippen LogP) is 1.45. The Morgan fingerprint density at radius 1 is 1.53 bits per heavy atom. The Kier molecular flexibility index (Phi) is 4.31. The summed E-state index contributed by atoms with van der Waals surface area (Å²) in [6.45, 7) is 2.44. The zero-order valence-corrected chi connectivity index (χ0v) is 11.8. The van der Waals surface area contributed by atoms with Gasteiger partial charge in [0.2, 0.25) is 0 Å². The molecule has 0 saturated carbocycles. The highest BCUT2D eigenvalue weighted by Crippen LogP contribution is 2.12. The molecule has 2 aromatic rings. The first-order chi connectivity index (χ1) is 9.08. The van der Waals surface area contributed by atoms with E-state index in [9.17, 15) is 9.00 Å². The Labute approximate surface area is 114 Å². The van der Waals surface area contributed by atoms with Gasteiger partial charge in [0.25, 0.3) is 5.91 Å². The van der Waals surface area contributed by atoms with Gasteiger partial charge in [0, 0.05) is 39.8 Å². The highest BCUT2D eigenvalue weighted by Gasteiger charge is 2.09. The highest BCUT2D eigenvalue weighted by atomic mass is 32.2. The van der Waals surface area contributed by atoms with Crippen molar-refractivity contribution >= 4 is 27.6 Å². The molecule has 2 rings (SSSR count). The SMILES string of the molecule is CC(CCNC(=O)c1ccc2cn[nH]c2c1)S(C)=O. The standard InChI is InChI=1S/C13H17N3O2S/c1-9(19(2)18)5-6-14-13(17)10-3-4-11-8-15-16-12(11)7-10/h3-4,7-9H,5-6H2,1-2H3,(H,14,17)(H,15,16). The molecule has 5 nitrogen and oxygen atoms in total. The van der Waals surface area contributed by atoms with Crippen LogP contribution in [0.4, 0.5) is 0 Å². The van der Waals surface area contributed by atoms with Gasteiger partial charge in [0.05, 0.1) is 11.7 Å². The van der Waals surface area contributed by atoms with E-state index < -0.39 is 10.8 Å². The normalized spacial score (nSPS) is 14.2. The fourth-order valence-corrected chi connectivity index (χ4v) is 2.19. The summed E-state index contributed by atoms with van der Waals surface area (Å²) in [5.41, 5.74) is 1.44. The third-order valence-electron chi connectivity index (χ3n) is 3.11. The highest BCUT2D eigenvalue weighted by molar-refractivity contribution is 7.84. The van der Waals surface area contributed by atoms with Gasteiger partial charge in [-0.25, -0.2) is 0 Å². The molecule has 0 saturated heterocycles. The molecule has 6 heteroatoms. The molecular formula is C13H17N3O2S. The molecular weight excluding hydrogens is 262 g/mol. The minimum Gasteiger partial charge on any atom is -0.352 e. The zero-order valence-electron chi connectivity index (χ0n) is 11.0. The number of hydrogen-bond acceptors (Lipinski definition) is 3. The van der Waals surface area contributed by atoms with Gasteiger partial charge >= 0.3 is 0 Å². The summed E-state index contributed by atoms with van der Waals surface area (Å²) in [7, 11) is -0.847. The second kappa shape index (κ2) is 5.97. The van der Waals surface area contributed by atoms with Crippen molar-refractivity contribution in [1.29, 1.82) is 0 Å². The minimum absolute atomic E-state index is 0.0930. The third-order valence-corrected chi connectivity index (χ3v) is 4.48. The summed E-state index contributed by atoms with van der Waals surface area (Å²) in [6, 6.07) is 5.41. The van der Waals surface area contributed by atoms with Gasteiger partial charge in [-0.1, -0.05) is 13.0 Å². The lowest BCUT2D eigenvalue weighted by Gasteiger charge is -2.09. The number of aromatic nitrogens is 2. The van der Waals surface area contributed by atoms with E-state index in [1.807, 2.05) is 13.0 Å². The number of amides is 1. The predicted molar refractivity (Wildman–Crippen MR) is 76.6 cm³/mol. The van der Waals surface area contributed by atoms with Crippen molar-refractivity contribution in [1.82, 2.24) is 15.5 Å². The number of nitrogens with zero attached hydrogens (tertiary/aromatic N) is 1. The average Bonchev–Trinajstić information content (AvgIpc) is 2.85. The maximum absolute atomic E-state index is 11.9. The number of carbonyl (C=O) groups excluding carboxylic acids is 1. The smallest absolute Gasteiger partial charge is 0.251 e. The Morgan fingerprint density at radius 2 is 2.32 bits per heavy atom. The minimum atomic E-state index is -0.847. The Hall–Kier alpha value is -1.69. The van der Waals surface area contributed by atoms with Crippen LogP contribution in [0.5, 0.6) is 0 Å². The Bertz CT molecular complexity index is 609. The molecule has 19 heavy (non-hydrogen) atoms. The van der Waals surface area contributed by atoms with E-state index in [0.717, 1.165) is 10.9 Å². The summed E-state index contributed by atoms with van der Waals surface area (Å²) >= 11 is 0. The number of fused-ring (bicyclic) bond motifs is 1. The van der Waals surface area contributed by atoms with E-state index >= 15 is 0 Å². The van der Waals surface area contributed by atoms with Gasteiger partial charge in [-0.2, -0.15) is 5.10 Å². The van der Waals surface area contributed by atoms with Gasteiger partial charge < -0.3 is 5.32 Å². The van der Waals surface area contributed by atoms with Crippen LogP contribution in [0.2, 0.25) is 0 Å².